The van der Waals surface area contributed by atoms with Crippen LogP contribution < -0.4 is 4.72 Å². The Kier molecular flexibility index (Phi) is 4.76. The van der Waals surface area contributed by atoms with Crippen molar-refractivity contribution in [3.05, 3.63) is 47.2 Å². The highest BCUT2D eigenvalue weighted by Crippen LogP contribution is 2.17. The minimum absolute atomic E-state index is 0.00880. The van der Waals surface area contributed by atoms with Gasteiger partial charge in [0.1, 0.15) is 5.76 Å². The fourth-order valence-corrected chi connectivity index (χ4v) is 3.13. The highest BCUT2D eigenvalue weighted by Gasteiger charge is 2.18. The van der Waals surface area contributed by atoms with E-state index in [1.54, 1.807) is 25.3 Å². The summed E-state index contributed by atoms with van der Waals surface area (Å²) < 4.78 is 32.4. The van der Waals surface area contributed by atoms with E-state index in [0.717, 1.165) is 0 Å². The number of sulfonamides is 1. The number of nitrogens with one attached hydrogen (secondary N) is 1. The lowest BCUT2D eigenvalue weighted by Gasteiger charge is -2.09. The fraction of sp³-hybridized carbons (Fsp3) is 0.357. The molecule has 0 saturated carbocycles. The number of hydrogen-bond donors (Lipinski definition) is 2. The van der Waals surface area contributed by atoms with Gasteiger partial charge in [-0.1, -0.05) is 19.1 Å². The molecule has 0 spiro atoms. The first-order valence-corrected chi connectivity index (χ1v) is 8.08. The molecule has 0 bridgehead atoms. The molecule has 0 saturated heterocycles. The Morgan fingerprint density at radius 1 is 1.38 bits per heavy atom. The predicted octanol–water partition coefficient (Wildman–Crippen LogP) is 1.52. The third-order valence-electron chi connectivity index (χ3n) is 3.09. The second kappa shape index (κ2) is 6.38. The minimum Gasteiger partial charge on any atom is -0.444 e. The summed E-state index contributed by atoms with van der Waals surface area (Å²) in [6.07, 6.45) is 2.29. The fourth-order valence-electron chi connectivity index (χ4n) is 1.86. The molecule has 1 aromatic heterocycles. The van der Waals surface area contributed by atoms with E-state index < -0.39 is 10.0 Å². The number of oxazole rings is 1. The van der Waals surface area contributed by atoms with E-state index in [9.17, 15) is 8.42 Å². The number of hydrogen-bond acceptors (Lipinski definition) is 5. The molecule has 1 heterocycles. The van der Waals surface area contributed by atoms with Gasteiger partial charge in [-0.2, -0.15) is 0 Å². The van der Waals surface area contributed by atoms with Gasteiger partial charge in [0.25, 0.3) is 0 Å². The summed E-state index contributed by atoms with van der Waals surface area (Å²) in [5.41, 5.74) is 1.16. The molecule has 21 heavy (non-hydrogen) atoms. The van der Waals surface area contributed by atoms with Crippen molar-refractivity contribution in [1.29, 1.82) is 0 Å². The first-order valence-electron chi connectivity index (χ1n) is 6.60. The third-order valence-corrected chi connectivity index (χ3v) is 4.63. The molecule has 0 unspecified atom stereocenters. The summed E-state index contributed by atoms with van der Waals surface area (Å²) in [7, 11) is -3.68. The van der Waals surface area contributed by atoms with Gasteiger partial charge in [0, 0.05) is 6.42 Å². The average Bonchev–Trinajstić information content (AvgIpc) is 2.94. The van der Waals surface area contributed by atoms with E-state index in [-0.39, 0.29) is 18.0 Å². The zero-order valence-corrected chi connectivity index (χ0v) is 12.8. The molecule has 6 nitrogen and oxygen atoms in total. The van der Waals surface area contributed by atoms with Crippen molar-refractivity contribution < 1.29 is 17.9 Å². The zero-order chi connectivity index (χ0) is 15.5. The molecule has 0 radical (unpaired) electrons. The van der Waals surface area contributed by atoms with E-state index in [0.29, 0.717) is 29.2 Å². The van der Waals surface area contributed by atoms with E-state index >= 15 is 0 Å². The third kappa shape index (κ3) is 3.69. The van der Waals surface area contributed by atoms with Crippen molar-refractivity contribution in [2.75, 3.05) is 0 Å². The molecule has 2 rings (SSSR count). The summed E-state index contributed by atoms with van der Waals surface area (Å²) in [4.78, 5) is 4.16. The van der Waals surface area contributed by atoms with Crippen LogP contribution in [0.25, 0.3) is 0 Å². The van der Waals surface area contributed by atoms with E-state index in [1.807, 2.05) is 6.92 Å². The van der Waals surface area contributed by atoms with Gasteiger partial charge in [0.2, 0.25) is 15.9 Å². The van der Waals surface area contributed by atoms with Crippen LogP contribution in [0.4, 0.5) is 0 Å². The summed E-state index contributed by atoms with van der Waals surface area (Å²) >= 11 is 0. The number of aryl methyl sites for hydroxylation is 2. The lowest BCUT2D eigenvalue weighted by Crippen LogP contribution is -2.24. The summed E-state index contributed by atoms with van der Waals surface area (Å²) in [5.74, 6) is 1.04. The van der Waals surface area contributed by atoms with Crippen molar-refractivity contribution in [3.63, 3.8) is 0 Å². The number of benzene rings is 1. The number of nitrogens with zero attached hydrogens (tertiary/aromatic N) is 1. The van der Waals surface area contributed by atoms with E-state index in [4.69, 9.17) is 9.52 Å². The monoisotopic (exact) mass is 310 g/mol. The molecule has 0 aliphatic carbocycles. The largest absolute Gasteiger partial charge is 0.444 e. The highest BCUT2D eigenvalue weighted by atomic mass is 32.2. The Hall–Kier alpha value is -1.70. The van der Waals surface area contributed by atoms with Gasteiger partial charge in [0.15, 0.2) is 0 Å². The van der Waals surface area contributed by atoms with Crippen LogP contribution >= 0.6 is 0 Å². The lowest BCUT2D eigenvalue weighted by atomic mass is 10.2. The standard InChI is InChI=1S/C14H18N2O4S/c1-3-12-7-15-14(20-12)8-16-21(18,19)13-6-11(9-17)5-4-10(13)2/h4-7,16-17H,3,8-9H2,1-2H3. The first kappa shape index (κ1) is 15.7. The Bertz CT molecular complexity index is 722. The second-order valence-electron chi connectivity index (χ2n) is 4.66. The minimum atomic E-state index is -3.68. The van der Waals surface area contributed by atoms with Gasteiger partial charge in [-0.05, 0) is 24.1 Å². The van der Waals surface area contributed by atoms with E-state index in [2.05, 4.69) is 9.71 Å². The van der Waals surface area contributed by atoms with Crippen LogP contribution in [0.3, 0.4) is 0 Å². The molecular formula is C14H18N2O4S. The van der Waals surface area contributed by atoms with E-state index in [1.165, 1.54) is 6.07 Å². The van der Waals surface area contributed by atoms with Gasteiger partial charge >= 0.3 is 0 Å². The normalized spacial score (nSPS) is 11.8. The quantitative estimate of drug-likeness (QED) is 0.844. The Morgan fingerprint density at radius 2 is 2.14 bits per heavy atom. The molecule has 0 amide bonds. The number of rotatable bonds is 6. The van der Waals surface area contributed by atoms with Gasteiger partial charge in [-0.3, -0.25) is 0 Å². The van der Waals surface area contributed by atoms with Crippen LogP contribution in [0.5, 0.6) is 0 Å². The predicted molar refractivity (Wildman–Crippen MR) is 77.0 cm³/mol. The molecule has 0 aliphatic rings. The van der Waals surface area contributed by atoms with Crippen molar-refractivity contribution in [2.45, 2.75) is 38.3 Å². The number of aliphatic hydroxyl groups is 1. The second-order valence-corrected chi connectivity index (χ2v) is 6.39. The highest BCUT2D eigenvalue weighted by molar-refractivity contribution is 7.89. The Labute approximate surface area is 123 Å². The van der Waals surface area contributed by atoms with Crippen LogP contribution in [0, 0.1) is 6.92 Å². The van der Waals surface area contributed by atoms with Gasteiger partial charge in [-0.25, -0.2) is 18.1 Å². The maximum Gasteiger partial charge on any atom is 0.241 e. The molecule has 2 N–H and O–H groups in total. The van der Waals surface area contributed by atoms with Gasteiger partial charge in [0.05, 0.1) is 24.2 Å². The Balaban J connectivity index is 2.18. The molecule has 114 valence electrons. The molecule has 7 heteroatoms. The molecule has 0 aliphatic heterocycles. The van der Waals surface area contributed by atoms with Crippen molar-refractivity contribution in [2.24, 2.45) is 0 Å². The smallest absolute Gasteiger partial charge is 0.241 e. The SMILES string of the molecule is CCc1cnc(CNS(=O)(=O)c2cc(CO)ccc2C)o1. The summed E-state index contributed by atoms with van der Waals surface area (Å²) in [5, 5.41) is 9.12. The topological polar surface area (TPSA) is 92.4 Å². The maximum atomic E-state index is 12.3. The van der Waals surface area contributed by atoms with Crippen molar-refractivity contribution >= 4 is 10.0 Å². The zero-order valence-electron chi connectivity index (χ0n) is 12.0. The average molecular weight is 310 g/mol. The van der Waals surface area contributed by atoms with Gasteiger partial charge in [-0.15, -0.1) is 0 Å². The number of aromatic nitrogens is 1. The van der Waals surface area contributed by atoms with Gasteiger partial charge < -0.3 is 9.52 Å². The number of aliphatic hydroxyl groups excluding tert-OH is 1. The molecule has 0 atom stereocenters. The maximum absolute atomic E-state index is 12.3. The first-order chi connectivity index (χ1) is 9.96. The van der Waals surface area contributed by atoms with Crippen molar-refractivity contribution in [3.8, 4) is 0 Å². The van der Waals surface area contributed by atoms with Crippen LogP contribution in [0.1, 0.15) is 29.7 Å². The molecule has 2 aromatic rings. The van der Waals surface area contributed by atoms with Crippen LogP contribution in [-0.4, -0.2) is 18.5 Å². The summed E-state index contributed by atoms with van der Waals surface area (Å²) in [6.45, 7) is 3.42. The van der Waals surface area contributed by atoms with Crippen LogP contribution in [0.2, 0.25) is 0 Å². The summed E-state index contributed by atoms with van der Waals surface area (Å²) in [6, 6.07) is 4.82. The lowest BCUT2D eigenvalue weighted by molar-refractivity contribution is 0.281. The molecular weight excluding hydrogens is 292 g/mol. The van der Waals surface area contributed by atoms with Crippen molar-refractivity contribution in [1.82, 2.24) is 9.71 Å². The molecule has 0 fully saturated rings. The molecule has 1 aromatic carbocycles. The Morgan fingerprint density at radius 3 is 2.76 bits per heavy atom. The van der Waals surface area contributed by atoms with Crippen LogP contribution in [0.15, 0.2) is 33.7 Å². The van der Waals surface area contributed by atoms with Crippen LogP contribution in [-0.2, 0) is 29.6 Å².